The highest BCUT2D eigenvalue weighted by Gasteiger charge is 2.28. The molecule has 1 unspecified atom stereocenters. The number of aliphatic hydroxyl groups is 1. The second kappa shape index (κ2) is 6.25. The number of fused-ring (bicyclic) bond motifs is 1. The zero-order valence-electron chi connectivity index (χ0n) is 14.3. The number of carbonyl (C=O) groups is 1. The normalized spacial score (nSPS) is 13.8. The second-order valence-corrected chi connectivity index (χ2v) is 6.30. The van der Waals surface area contributed by atoms with Gasteiger partial charge in [-0.3, -0.25) is 9.36 Å². The van der Waals surface area contributed by atoms with Crippen LogP contribution in [0.25, 0.3) is 11.1 Å². The minimum absolute atomic E-state index is 0.00379. The average Bonchev–Trinajstić information content (AvgIpc) is 3.05. The number of para-hydroxylation sites is 2. The number of hydrogen-bond acceptors (Lipinski definition) is 5. The lowest BCUT2D eigenvalue weighted by Gasteiger charge is -2.23. The molecule has 2 aromatic heterocycles. The van der Waals surface area contributed by atoms with E-state index in [1.807, 2.05) is 0 Å². The molecule has 3 rings (SSSR count). The lowest BCUT2D eigenvalue weighted by Crippen LogP contribution is -2.40. The Labute approximate surface area is 143 Å². The number of aryl methyl sites for hydroxylation is 2. The average molecular weight is 344 g/mol. The molecule has 3 aromatic rings. The van der Waals surface area contributed by atoms with E-state index in [1.165, 1.54) is 4.57 Å². The molecule has 0 aliphatic rings. The van der Waals surface area contributed by atoms with Gasteiger partial charge in [-0.15, -0.1) is 0 Å². The van der Waals surface area contributed by atoms with Crippen molar-refractivity contribution in [2.24, 2.45) is 0 Å². The fraction of sp³-hybridized carbons (Fsp3) is 0.333. The number of carbonyl (C=O) groups excluding carboxylic acids is 1. The highest BCUT2D eigenvalue weighted by Crippen LogP contribution is 2.26. The minimum atomic E-state index is -1.28. The lowest BCUT2D eigenvalue weighted by atomic mass is 9.96. The predicted molar refractivity (Wildman–Crippen MR) is 91.2 cm³/mol. The van der Waals surface area contributed by atoms with Gasteiger partial charge in [0, 0.05) is 5.56 Å². The van der Waals surface area contributed by atoms with E-state index in [-0.39, 0.29) is 13.1 Å². The SMILES string of the molecule is Cc1cc(C(C)(O)CNC(=O)Cn2c(=O)oc3ccccc32)c(C)o1. The van der Waals surface area contributed by atoms with Crippen molar-refractivity contribution in [3.8, 4) is 0 Å². The molecule has 0 saturated carbocycles. The monoisotopic (exact) mass is 344 g/mol. The molecular formula is C18H20N2O5. The predicted octanol–water partition coefficient (Wildman–Crippen LogP) is 1.83. The smallest absolute Gasteiger partial charge is 0.420 e. The van der Waals surface area contributed by atoms with Gasteiger partial charge in [-0.2, -0.15) is 0 Å². The summed E-state index contributed by atoms with van der Waals surface area (Å²) in [6, 6.07) is 8.64. The van der Waals surface area contributed by atoms with Gasteiger partial charge in [0.05, 0.1) is 12.1 Å². The number of oxazole rings is 1. The summed E-state index contributed by atoms with van der Waals surface area (Å²) in [4.78, 5) is 24.1. The van der Waals surface area contributed by atoms with Crippen LogP contribution in [0, 0.1) is 13.8 Å². The summed E-state index contributed by atoms with van der Waals surface area (Å²) in [6.45, 7) is 4.97. The van der Waals surface area contributed by atoms with Gasteiger partial charge >= 0.3 is 5.76 Å². The Morgan fingerprint density at radius 1 is 1.28 bits per heavy atom. The zero-order chi connectivity index (χ0) is 18.2. The van der Waals surface area contributed by atoms with Crippen LogP contribution in [0.2, 0.25) is 0 Å². The van der Waals surface area contributed by atoms with E-state index in [2.05, 4.69) is 5.32 Å². The molecule has 0 fully saturated rings. The summed E-state index contributed by atoms with van der Waals surface area (Å²) in [5.74, 6) is 0.306. The minimum Gasteiger partial charge on any atom is -0.466 e. The van der Waals surface area contributed by atoms with E-state index in [0.717, 1.165) is 0 Å². The van der Waals surface area contributed by atoms with Gasteiger partial charge in [0.1, 0.15) is 23.7 Å². The number of furan rings is 1. The summed E-state index contributed by atoms with van der Waals surface area (Å²) in [7, 11) is 0. The fourth-order valence-corrected chi connectivity index (χ4v) is 2.89. The molecule has 0 saturated heterocycles. The first-order chi connectivity index (χ1) is 11.8. The van der Waals surface area contributed by atoms with Gasteiger partial charge < -0.3 is 19.3 Å². The molecule has 25 heavy (non-hydrogen) atoms. The molecule has 0 radical (unpaired) electrons. The molecule has 1 atom stereocenters. The quantitative estimate of drug-likeness (QED) is 0.736. The Balaban J connectivity index is 1.71. The summed E-state index contributed by atoms with van der Waals surface area (Å²) >= 11 is 0. The van der Waals surface area contributed by atoms with E-state index in [0.29, 0.717) is 28.2 Å². The van der Waals surface area contributed by atoms with Crippen molar-refractivity contribution >= 4 is 17.0 Å². The molecular weight excluding hydrogens is 324 g/mol. The number of nitrogens with zero attached hydrogens (tertiary/aromatic N) is 1. The van der Waals surface area contributed by atoms with Gasteiger partial charge in [0.15, 0.2) is 5.58 Å². The Hall–Kier alpha value is -2.80. The van der Waals surface area contributed by atoms with E-state index in [1.54, 1.807) is 51.1 Å². The zero-order valence-corrected chi connectivity index (χ0v) is 14.3. The summed E-state index contributed by atoms with van der Waals surface area (Å²) in [6.07, 6.45) is 0. The first-order valence-corrected chi connectivity index (χ1v) is 7.93. The van der Waals surface area contributed by atoms with Crippen LogP contribution in [0.5, 0.6) is 0 Å². The number of aromatic nitrogens is 1. The number of rotatable bonds is 5. The van der Waals surface area contributed by atoms with Crippen molar-refractivity contribution < 1.29 is 18.7 Å². The van der Waals surface area contributed by atoms with E-state index in [9.17, 15) is 14.7 Å². The van der Waals surface area contributed by atoms with Crippen molar-refractivity contribution in [3.05, 3.63) is 58.0 Å². The van der Waals surface area contributed by atoms with Gasteiger partial charge in [0.2, 0.25) is 5.91 Å². The molecule has 7 nitrogen and oxygen atoms in total. The van der Waals surface area contributed by atoms with Crippen LogP contribution in [0.15, 0.2) is 44.0 Å². The molecule has 0 bridgehead atoms. The van der Waals surface area contributed by atoms with Gasteiger partial charge in [0.25, 0.3) is 0 Å². The third-order valence-corrected chi connectivity index (χ3v) is 4.13. The molecule has 1 amide bonds. The molecule has 0 aliphatic heterocycles. The Morgan fingerprint density at radius 2 is 2.00 bits per heavy atom. The van der Waals surface area contributed by atoms with Crippen LogP contribution >= 0.6 is 0 Å². The van der Waals surface area contributed by atoms with Crippen LogP contribution in [0.1, 0.15) is 24.0 Å². The molecule has 0 spiro atoms. The third kappa shape index (κ3) is 3.36. The Morgan fingerprint density at radius 3 is 2.68 bits per heavy atom. The first-order valence-electron chi connectivity index (χ1n) is 7.93. The second-order valence-electron chi connectivity index (χ2n) is 6.30. The number of amides is 1. The highest BCUT2D eigenvalue weighted by atomic mass is 16.4. The lowest BCUT2D eigenvalue weighted by molar-refractivity contribution is -0.122. The fourth-order valence-electron chi connectivity index (χ4n) is 2.89. The van der Waals surface area contributed by atoms with Crippen LogP contribution in [-0.4, -0.2) is 22.1 Å². The van der Waals surface area contributed by atoms with Crippen molar-refractivity contribution in [1.29, 1.82) is 0 Å². The van der Waals surface area contributed by atoms with E-state index < -0.39 is 17.3 Å². The van der Waals surface area contributed by atoms with Crippen LogP contribution in [0.4, 0.5) is 0 Å². The largest absolute Gasteiger partial charge is 0.466 e. The molecule has 0 aliphatic carbocycles. The van der Waals surface area contributed by atoms with Crippen LogP contribution in [-0.2, 0) is 16.9 Å². The van der Waals surface area contributed by atoms with Gasteiger partial charge in [-0.05, 0) is 39.0 Å². The third-order valence-electron chi connectivity index (χ3n) is 4.13. The molecule has 132 valence electrons. The Bertz CT molecular complexity index is 977. The van der Waals surface area contributed by atoms with E-state index >= 15 is 0 Å². The number of hydrogen-bond donors (Lipinski definition) is 2. The summed E-state index contributed by atoms with van der Waals surface area (Å²) in [5.41, 5.74) is 0.324. The number of benzene rings is 1. The molecule has 2 heterocycles. The summed E-state index contributed by atoms with van der Waals surface area (Å²) in [5, 5.41) is 13.3. The van der Waals surface area contributed by atoms with Crippen LogP contribution < -0.4 is 11.1 Å². The van der Waals surface area contributed by atoms with Crippen LogP contribution in [0.3, 0.4) is 0 Å². The van der Waals surface area contributed by atoms with Crippen molar-refractivity contribution in [2.75, 3.05) is 6.54 Å². The Kier molecular flexibility index (Phi) is 4.26. The van der Waals surface area contributed by atoms with Gasteiger partial charge in [-0.1, -0.05) is 12.1 Å². The van der Waals surface area contributed by atoms with Crippen molar-refractivity contribution in [2.45, 2.75) is 32.9 Å². The maximum atomic E-state index is 12.2. The standard InChI is InChI=1S/C18H20N2O5/c1-11-8-13(12(2)24-11)18(3,23)10-19-16(21)9-20-14-6-4-5-7-15(14)25-17(20)22/h4-8,23H,9-10H2,1-3H3,(H,19,21). The highest BCUT2D eigenvalue weighted by molar-refractivity contribution is 5.79. The van der Waals surface area contributed by atoms with Crippen molar-refractivity contribution in [1.82, 2.24) is 9.88 Å². The topological polar surface area (TPSA) is 97.6 Å². The van der Waals surface area contributed by atoms with E-state index in [4.69, 9.17) is 8.83 Å². The number of nitrogens with one attached hydrogen (secondary N) is 1. The van der Waals surface area contributed by atoms with Crippen molar-refractivity contribution in [3.63, 3.8) is 0 Å². The first kappa shape index (κ1) is 17.0. The van der Waals surface area contributed by atoms with Gasteiger partial charge in [-0.25, -0.2) is 4.79 Å². The molecule has 1 aromatic carbocycles. The molecule has 7 heteroatoms. The maximum Gasteiger partial charge on any atom is 0.420 e. The maximum absolute atomic E-state index is 12.2. The summed E-state index contributed by atoms with van der Waals surface area (Å²) < 4.78 is 11.8. The molecule has 2 N–H and O–H groups in total.